The smallest absolute Gasteiger partial charge is 0.408 e. The highest BCUT2D eigenvalue weighted by Crippen LogP contribution is 2.40. The summed E-state index contributed by atoms with van der Waals surface area (Å²) in [7, 11) is 1.75. The van der Waals surface area contributed by atoms with Crippen LogP contribution in [0.4, 0.5) is 4.79 Å². The van der Waals surface area contributed by atoms with E-state index in [9.17, 15) is 9.90 Å². The zero-order chi connectivity index (χ0) is 18.2. The topological polar surface area (TPSA) is 115 Å². The number of nitrogens with one attached hydrogen (secondary N) is 1. The number of rotatable bonds is 4. The predicted molar refractivity (Wildman–Crippen MR) is 86.5 cm³/mol. The molecule has 2 N–H and O–H groups in total. The van der Waals surface area contributed by atoms with Gasteiger partial charge in [-0.1, -0.05) is 5.16 Å². The van der Waals surface area contributed by atoms with Gasteiger partial charge in [-0.25, -0.2) is 4.79 Å². The number of carbonyl (C=O) groups is 1. The Hall–Kier alpha value is -2.42. The van der Waals surface area contributed by atoms with Crippen molar-refractivity contribution in [3.05, 3.63) is 29.7 Å². The molecule has 0 radical (unpaired) electrons. The van der Waals surface area contributed by atoms with Gasteiger partial charge in [-0.05, 0) is 40.0 Å². The number of alkyl carbamates (subject to hydrolysis) is 1. The fourth-order valence-electron chi connectivity index (χ4n) is 2.70. The van der Waals surface area contributed by atoms with Crippen molar-refractivity contribution in [2.24, 2.45) is 7.05 Å². The Balaban J connectivity index is 1.76. The van der Waals surface area contributed by atoms with Crippen molar-refractivity contribution in [3.63, 3.8) is 0 Å². The normalized spacial score (nSPS) is 17.6. The molecule has 2 aromatic heterocycles. The number of carbonyl (C=O) groups excluding carboxylic acids is 1. The summed E-state index contributed by atoms with van der Waals surface area (Å²) in [5.74, 6) is 0.419. The van der Waals surface area contributed by atoms with Crippen molar-refractivity contribution >= 4 is 6.09 Å². The minimum Gasteiger partial charge on any atom is -0.444 e. The second-order valence-corrected chi connectivity index (χ2v) is 7.37. The van der Waals surface area contributed by atoms with Crippen molar-refractivity contribution in [3.8, 4) is 0 Å². The second-order valence-electron chi connectivity index (χ2n) is 7.37. The van der Waals surface area contributed by atoms with E-state index < -0.39 is 23.3 Å². The molecule has 2 heterocycles. The maximum Gasteiger partial charge on any atom is 0.408 e. The van der Waals surface area contributed by atoms with Gasteiger partial charge in [0.25, 0.3) is 5.89 Å². The summed E-state index contributed by atoms with van der Waals surface area (Å²) in [5.41, 5.74) is -0.743. The van der Waals surface area contributed by atoms with E-state index in [4.69, 9.17) is 9.26 Å². The maximum absolute atomic E-state index is 12.1. The third kappa shape index (κ3) is 3.65. The van der Waals surface area contributed by atoms with E-state index in [0.29, 0.717) is 24.2 Å². The minimum atomic E-state index is -1.06. The fourth-order valence-corrected chi connectivity index (χ4v) is 2.70. The molecular formula is C16H23N5O4. The molecule has 0 aliphatic heterocycles. The molecule has 0 spiro atoms. The lowest BCUT2D eigenvalue weighted by Gasteiger charge is -2.39. The highest BCUT2D eigenvalue weighted by molar-refractivity contribution is 5.69. The molecule has 9 heteroatoms. The lowest BCUT2D eigenvalue weighted by atomic mass is 9.76. The van der Waals surface area contributed by atoms with Gasteiger partial charge in [0.2, 0.25) is 0 Å². The van der Waals surface area contributed by atoms with Crippen LogP contribution in [0.25, 0.3) is 0 Å². The van der Waals surface area contributed by atoms with Gasteiger partial charge < -0.3 is 19.7 Å². The SMILES string of the molecule is Cn1cc(C(O)c2nc(C3(NC(=O)OC(C)(C)C)CCC3)no2)cn1. The Labute approximate surface area is 145 Å². The van der Waals surface area contributed by atoms with Gasteiger partial charge in [-0.3, -0.25) is 4.68 Å². The lowest BCUT2D eigenvalue weighted by Crippen LogP contribution is -2.52. The van der Waals surface area contributed by atoms with Crippen LogP contribution in [0.15, 0.2) is 16.9 Å². The molecule has 3 rings (SSSR count). The summed E-state index contributed by atoms with van der Waals surface area (Å²) < 4.78 is 12.1. The highest BCUT2D eigenvalue weighted by Gasteiger charge is 2.45. The van der Waals surface area contributed by atoms with Crippen LogP contribution in [-0.4, -0.2) is 36.7 Å². The Morgan fingerprint density at radius 1 is 1.48 bits per heavy atom. The zero-order valence-corrected chi connectivity index (χ0v) is 14.8. The number of ether oxygens (including phenoxy) is 1. The molecular weight excluding hydrogens is 326 g/mol. The summed E-state index contributed by atoms with van der Waals surface area (Å²) in [6.45, 7) is 5.41. The number of hydrogen-bond donors (Lipinski definition) is 2. The van der Waals surface area contributed by atoms with Crippen LogP contribution >= 0.6 is 0 Å². The molecule has 1 fully saturated rings. The summed E-state index contributed by atoms with van der Waals surface area (Å²) in [4.78, 5) is 16.4. The molecule has 1 unspecified atom stereocenters. The van der Waals surface area contributed by atoms with Gasteiger partial charge in [0.15, 0.2) is 11.9 Å². The summed E-state index contributed by atoms with van der Waals surface area (Å²) in [6.07, 6.45) is 3.94. The first-order valence-corrected chi connectivity index (χ1v) is 8.20. The van der Waals surface area contributed by atoms with Crippen LogP contribution in [0.2, 0.25) is 0 Å². The quantitative estimate of drug-likeness (QED) is 0.864. The summed E-state index contributed by atoms with van der Waals surface area (Å²) in [5, 5.41) is 21.2. The Morgan fingerprint density at radius 3 is 2.72 bits per heavy atom. The molecule has 0 aromatic carbocycles. The van der Waals surface area contributed by atoms with Crippen molar-refractivity contribution in [2.75, 3.05) is 0 Å². The summed E-state index contributed by atoms with van der Waals surface area (Å²) >= 11 is 0. The van der Waals surface area contributed by atoms with Crippen LogP contribution in [0.3, 0.4) is 0 Å². The van der Waals surface area contributed by atoms with E-state index in [-0.39, 0.29) is 5.89 Å². The first-order chi connectivity index (χ1) is 11.7. The van der Waals surface area contributed by atoms with Crippen LogP contribution in [0.1, 0.15) is 63.4 Å². The monoisotopic (exact) mass is 349 g/mol. The molecule has 1 aliphatic carbocycles. The van der Waals surface area contributed by atoms with Crippen molar-refractivity contribution in [2.45, 2.75) is 57.3 Å². The van der Waals surface area contributed by atoms with E-state index in [1.165, 1.54) is 6.20 Å². The number of amides is 1. The van der Waals surface area contributed by atoms with E-state index in [1.807, 2.05) is 0 Å². The van der Waals surface area contributed by atoms with Crippen LogP contribution in [0.5, 0.6) is 0 Å². The van der Waals surface area contributed by atoms with Crippen LogP contribution in [-0.2, 0) is 17.3 Å². The number of aliphatic hydroxyl groups is 1. The Bertz CT molecular complexity index is 757. The van der Waals surface area contributed by atoms with Gasteiger partial charge in [0, 0.05) is 18.8 Å². The van der Waals surface area contributed by atoms with Gasteiger partial charge >= 0.3 is 6.09 Å². The molecule has 1 saturated carbocycles. The number of aliphatic hydroxyl groups excluding tert-OH is 1. The predicted octanol–water partition coefficient (Wildman–Crippen LogP) is 1.79. The number of nitrogens with zero attached hydrogens (tertiary/aromatic N) is 4. The van der Waals surface area contributed by atoms with E-state index in [1.54, 1.807) is 38.7 Å². The Morgan fingerprint density at radius 2 is 2.20 bits per heavy atom. The van der Waals surface area contributed by atoms with Crippen molar-refractivity contribution < 1.29 is 19.2 Å². The van der Waals surface area contributed by atoms with Gasteiger partial charge in [0.1, 0.15) is 11.1 Å². The first-order valence-electron chi connectivity index (χ1n) is 8.20. The third-order valence-electron chi connectivity index (χ3n) is 4.09. The van der Waals surface area contributed by atoms with Crippen molar-refractivity contribution in [1.82, 2.24) is 25.2 Å². The first kappa shape index (κ1) is 17.4. The molecule has 2 aromatic rings. The highest BCUT2D eigenvalue weighted by atomic mass is 16.6. The maximum atomic E-state index is 12.1. The van der Waals surface area contributed by atoms with Gasteiger partial charge in [-0.15, -0.1) is 0 Å². The van der Waals surface area contributed by atoms with Crippen LogP contribution < -0.4 is 5.32 Å². The average molecular weight is 349 g/mol. The van der Waals surface area contributed by atoms with Crippen molar-refractivity contribution in [1.29, 1.82) is 0 Å². The molecule has 0 saturated heterocycles. The number of aromatic nitrogens is 4. The largest absolute Gasteiger partial charge is 0.444 e. The fraction of sp³-hybridized carbons (Fsp3) is 0.625. The lowest BCUT2D eigenvalue weighted by molar-refractivity contribution is 0.0362. The summed E-state index contributed by atoms with van der Waals surface area (Å²) in [6, 6.07) is 0. The molecule has 0 bridgehead atoms. The Kier molecular flexibility index (Phi) is 4.28. The molecule has 1 aliphatic rings. The van der Waals surface area contributed by atoms with E-state index in [2.05, 4.69) is 20.6 Å². The molecule has 136 valence electrons. The average Bonchev–Trinajstić information content (AvgIpc) is 3.09. The zero-order valence-electron chi connectivity index (χ0n) is 14.8. The van der Waals surface area contributed by atoms with Gasteiger partial charge in [-0.2, -0.15) is 10.1 Å². The van der Waals surface area contributed by atoms with E-state index in [0.717, 1.165) is 6.42 Å². The molecule has 1 amide bonds. The molecule has 25 heavy (non-hydrogen) atoms. The second kappa shape index (κ2) is 6.14. The number of aryl methyl sites for hydroxylation is 1. The standard InChI is InChI=1S/C16H23N5O4/c1-15(2,3)24-14(23)19-16(6-5-7-16)13-18-12(25-20-13)11(22)10-8-17-21(4)9-10/h8-9,11,22H,5-7H2,1-4H3,(H,19,23). The third-order valence-corrected chi connectivity index (χ3v) is 4.09. The minimum absolute atomic E-state index is 0.0697. The van der Waals surface area contributed by atoms with Crippen LogP contribution in [0, 0.1) is 0 Å². The molecule has 1 atom stereocenters. The van der Waals surface area contributed by atoms with Gasteiger partial charge in [0.05, 0.1) is 6.20 Å². The molecule has 9 nitrogen and oxygen atoms in total. The van der Waals surface area contributed by atoms with E-state index >= 15 is 0 Å². The number of hydrogen-bond acceptors (Lipinski definition) is 7.